The van der Waals surface area contributed by atoms with Crippen LogP contribution in [0.2, 0.25) is 0 Å². The first kappa shape index (κ1) is 17.2. The highest BCUT2D eigenvalue weighted by atomic mass is 16.5. The fourth-order valence-corrected chi connectivity index (χ4v) is 2.52. The largest absolute Gasteiger partial charge is 0.466 e. The van der Waals surface area contributed by atoms with Crippen LogP contribution in [0.3, 0.4) is 0 Å². The summed E-state index contributed by atoms with van der Waals surface area (Å²) < 4.78 is 5.01. The summed E-state index contributed by atoms with van der Waals surface area (Å²) in [5.74, 6) is -0.219. The molecule has 1 heterocycles. The van der Waals surface area contributed by atoms with Crippen LogP contribution in [0.5, 0.6) is 0 Å². The van der Waals surface area contributed by atoms with E-state index >= 15 is 0 Å². The van der Waals surface area contributed by atoms with Gasteiger partial charge in [-0.1, -0.05) is 30.7 Å². The summed E-state index contributed by atoms with van der Waals surface area (Å²) in [6, 6.07) is 8.43. The highest BCUT2D eigenvalue weighted by Gasteiger charge is 2.09. The molecule has 0 amide bonds. The third kappa shape index (κ3) is 4.89. The van der Waals surface area contributed by atoms with E-state index in [1.165, 1.54) is 11.1 Å². The Bertz CT molecular complexity index is 668. The van der Waals surface area contributed by atoms with Gasteiger partial charge in [0.25, 0.3) is 0 Å². The quantitative estimate of drug-likeness (QED) is 0.797. The smallest absolute Gasteiger partial charge is 0.310 e. The van der Waals surface area contributed by atoms with Gasteiger partial charge in [-0.3, -0.25) is 9.78 Å². The van der Waals surface area contributed by atoms with E-state index in [1.54, 1.807) is 6.20 Å². The van der Waals surface area contributed by atoms with Gasteiger partial charge in [0.1, 0.15) is 0 Å². The van der Waals surface area contributed by atoms with Gasteiger partial charge >= 0.3 is 5.97 Å². The Morgan fingerprint density at radius 3 is 2.78 bits per heavy atom. The summed E-state index contributed by atoms with van der Waals surface area (Å²) in [4.78, 5) is 15.9. The summed E-state index contributed by atoms with van der Waals surface area (Å²) in [7, 11) is 0. The van der Waals surface area contributed by atoms with E-state index in [9.17, 15) is 4.79 Å². The minimum Gasteiger partial charge on any atom is -0.466 e. The Hall–Kier alpha value is -2.20. The molecule has 2 rings (SSSR count). The summed E-state index contributed by atoms with van der Waals surface area (Å²) in [5.41, 5.74) is 5.52. The SMILES string of the molecule is CCNCc1cc(C)ccc1-c1cncc(CC(=O)OCC)c1. The van der Waals surface area contributed by atoms with Gasteiger partial charge in [-0.25, -0.2) is 0 Å². The zero-order valence-electron chi connectivity index (χ0n) is 14.1. The van der Waals surface area contributed by atoms with Gasteiger partial charge in [0, 0.05) is 24.5 Å². The first-order chi connectivity index (χ1) is 11.1. The lowest BCUT2D eigenvalue weighted by Crippen LogP contribution is -2.12. The molecule has 0 spiro atoms. The topological polar surface area (TPSA) is 51.2 Å². The summed E-state index contributed by atoms with van der Waals surface area (Å²) in [6.07, 6.45) is 3.82. The van der Waals surface area contributed by atoms with Crippen LogP contribution in [0, 0.1) is 6.92 Å². The Kier molecular flexibility index (Phi) is 6.29. The molecule has 0 aliphatic carbocycles. The number of carbonyl (C=O) groups excluding carboxylic acids is 1. The first-order valence-corrected chi connectivity index (χ1v) is 8.04. The number of hydrogen-bond acceptors (Lipinski definition) is 4. The van der Waals surface area contributed by atoms with E-state index in [0.29, 0.717) is 6.61 Å². The molecule has 0 atom stereocenters. The maximum Gasteiger partial charge on any atom is 0.310 e. The molecule has 0 bridgehead atoms. The van der Waals surface area contributed by atoms with Crippen molar-refractivity contribution >= 4 is 5.97 Å². The normalized spacial score (nSPS) is 10.6. The zero-order chi connectivity index (χ0) is 16.7. The molecular weight excluding hydrogens is 288 g/mol. The van der Waals surface area contributed by atoms with Crippen LogP contribution in [-0.2, 0) is 22.5 Å². The fourth-order valence-electron chi connectivity index (χ4n) is 2.52. The second-order valence-corrected chi connectivity index (χ2v) is 5.50. The second kappa shape index (κ2) is 8.44. The number of nitrogens with one attached hydrogen (secondary N) is 1. The molecule has 4 heteroatoms. The van der Waals surface area contributed by atoms with Gasteiger partial charge in [-0.15, -0.1) is 0 Å². The lowest BCUT2D eigenvalue weighted by Gasteiger charge is -2.12. The lowest BCUT2D eigenvalue weighted by atomic mass is 9.97. The zero-order valence-corrected chi connectivity index (χ0v) is 14.1. The molecule has 0 unspecified atom stereocenters. The molecule has 1 aromatic heterocycles. The number of hydrogen-bond donors (Lipinski definition) is 1. The molecule has 122 valence electrons. The van der Waals surface area contributed by atoms with Crippen molar-refractivity contribution in [2.75, 3.05) is 13.2 Å². The van der Waals surface area contributed by atoms with Crippen LogP contribution in [0.25, 0.3) is 11.1 Å². The van der Waals surface area contributed by atoms with Crippen molar-refractivity contribution in [3.8, 4) is 11.1 Å². The Labute approximate surface area is 137 Å². The van der Waals surface area contributed by atoms with Gasteiger partial charge in [0.2, 0.25) is 0 Å². The number of benzene rings is 1. The fraction of sp³-hybridized carbons (Fsp3) is 0.368. The highest BCUT2D eigenvalue weighted by molar-refractivity contribution is 5.74. The average Bonchev–Trinajstić information content (AvgIpc) is 2.53. The van der Waals surface area contributed by atoms with Gasteiger partial charge < -0.3 is 10.1 Å². The Balaban J connectivity index is 2.29. The van der Waals surface area contributed by atoms with Crippen molar-refractivity contribution in [3.63, 3.8) is 0 Å². The maximum atomic E-state index is 11.7. The Morgan fingerprint density at radius 2 is 2.04 bits per heavy atom. The van der Waals surface area contributed by atoms with Crippen LogP contribution >= 0.6 is 0 Å². The summed E-state index contributed by atoms with van der Waals surface area (Å²) in [6.45, 7) is 8.14. The number of nitrogens with zero attached hydrogens (tertiary/aromatic N) is 1. The second-order valence-electron chi connectivity index (χ2n) is 5.50. The third-order valence-electron chi connectivity index (χ3n) is 3.59. The molecule has 0 saturated heterocycles. The molecule has 4 nitrogen and oxygen atoms in total. The van der Waals surface area contributed by atoms with Crippen molar-refractivity contribution in [2.45, 2.75) is 33.7 Å². The molecule has 0 radical (unpaired) electrons. The molecule has 0 fully saturated rings. The highest BCUT2D eigenvalue weighted by Crippen LogP contribution is 2.25. The predicted molar refractivity (Wildman–Crippen MR) is 92.1 cm³/mol. The van der Waals surface area contributed by atoms with Gasteiger partial charge in [0.05, 0.1) is 13.0 Å². The molecule has 0 aliphatic rings. The Morgan fingerprint density at radius 1 is 1.22 bits per heavy atom. The molecule has 1 aromatic carbocycles. The van der Waals surface area contributed by atoms with E-state index < -0.39 is 0 Å². The van der Waals surface area contributed by atoms with Gasteiger partial charge in [-0.2, -0.15) is 0 Å². The first-order valence-electron chi connectivity index (χ1n) is 8.04. The van der Waals surface area contributed by atoms with Crippen molar-refractivity contribution in [3.05, 3.63) is 53.3 Å². The maximum absolute atomic E-state index is 11.7. The third-order valence-corrected chi connectivity index (χ3v) is 3.59. The van der Waals surface area contributed by atoms with Crippen LogP contribution < -0.4 is 5.32 Å². The molecule has 0 aliphatic heterocycles. The van der Waals surface area contributed by atoms with E-state index in [2.05, 4.69) is 42.3 Å². The van der Waals surface area contributed by atoms with Crippen LogP contribution in [0.1, 0.15) is 30.5 Å². The molecule has 23 heavy (non-hydrogen) atoms. The number of rotatable bonds is 7. The molecule has 1 N–H and O–H groups in total. The predicted octanol–water partition coefficient (Wildman–Crippen LogP) is 3.27. The van der Waals surface area contributed by atoms with Gasteiger partial charge in [-0.05, 0) is 43.1 Å². The average molecular weight is 312 g/mol. The number of esters is 1. The summed E-state index contributed by atoms with van der Waals surface area (Å²) >= 11 is 0. The number of aryl methyl sites for hydroxylation is 1. The summed E-state index contributed by atoms with van der Waals surface area (Å²) in [5, 5.41) is 3.37. The van der Waals surface area contributed by atoms with E-state index in [4.69, 9.17) is 4.74 Å². The number of carbonyl (C=O) groups is 1. The molecular formula is C19H24N2O2. The van der Waals surface area contributed by atoms with E-state index in [0.717, 1.165) is 29.8 Å². The van der Waals surface area contributed by atoms with E-state index in [1.807, 2.05) is 19.2 Å². The minimum absolute atomic E-state index is 0.219. The molecule has 2 aromatic rings. The van der Waals surface area contributed by atoms with Crippen molar-refractivity contribution in [1.29, 1.82) is 0 Å². The van der Waals surface area contributed by atoms with E-state index in [-0.39, 0.29) is 12.4 Å². The van der Waals surface area contributed by atoms with Crippen LogP contribution in [-0.4, -0.2) is 24.1 Å². The van der Waals surface area contributed by atoms with Crippen molar-refractivity contribution < 1.29 is 9.53 Å². The minimum atomic E-state index is -0.219. The molecule has 0 saturated carbocycles. The van der Waals surface area contributed by atoms with Crippen molar-refractivity contribution in [2.24, 2.45) is 0 Å². The van der Waals surface area contributed by atoms with Crippen LogP contribution in [0.4, 0.5) is 0 Å². The standard InChI is InChI=1S/C19H24N2O2/c1-4-20-12-16-8-14(3)6-7-18(16)17-9-15(11-21-13-17)10-19(22)23-5-2/h6-9,11,13,20H,4-5,10,12H2,1-3H3. The number of aromatic nitrogens is 1. The number of ether oxygens (including phenoxy) is 1. The van der Waals surface area contributed by atoms with Crippen molar-refractivity contribution in [1.82, 2.24) is 10.3 Å². The van der Waals surface area contributed by atoms with Gasteiger partial charge in [0.15, 0.2) is 0 Å². The van der Waals surface area contributed by atoms with Crippen LogP contribution in [0.15, 0.2) is 36.7 Å². The number of pyridine rings is 1. The lowest BCUT2D eigenvalue weighted by molar-refractivity contribution is -0.142. The monoisotopic (exact) mass is 312 g/mol.